The Balaban J connectivity index is 1.92. The quantitative estimate of drug-likeness (QED) is 0.620. The molecule has 1 saturated heterocycles. The van der Waals surface area contributed by atoms with Crippen molar-refractivity contribution in [3.63, 3.8) is 0 Å². The molecule has 2 aromatic rings. The minimum atomic E-state index is -3.83. The number of nitrogens with zero attached hydrogens (tertiary/aromatic N) is 4. The van der Waals surface area contributed by atoms with Gasteiger partial charge in [0, 0.05) is 45.4 Å². The van der Waals surface area contributed by atoms with Crippen LogP contribution in [0, 0.1) is 0 Å². The van der Waals surface area contributed by atoms with E-state index < -0.39 is 22.2 Å². The van der Waals surface area contributed by atoms with Crippen LogP contribution in [0.1, 0.15) is 24.3 Å². The number of rotatable bonds is 8. The Hall–Kier alpha value is -2.43. The summed E-state index contributed by atoms with van der Waals surface area (Å²) in [7, 11) is -2.14. The van der Waals surface area contributed by atoms with E-state index in [1.54, 1.807) is 11.6 Å². The summed E-state index contributed by atoms with van der Waals surface area (Å²) in [5.41, 5.74) is 0.893. The molecule has 0 radical (unpaired) electrons. The number of hydrogen-bond acceptors (Lipinski definition) is 5. The van der Waals surface area contributed by atoms with Gasteiger partial charge in [-0.1, -0.05) is 30.3 Å². The van der Waals surface area contributed by atoms with E-state index in [1.807, 2.05) is 30.3 Å². The molecule has 0 bridgehead atoms. The number of imidazole rings is 1. The molecule has 3 rings (SSSR count). The second-order valence-corrected chi connectivity index (χ2v) is 9.08. The molecule has 1 aromatic heterocycles. The fourth-order valence-corrected chi connectivity index (χ4v) is 5.19. The van der Waals surface area contributed by atoms with Crippen LogP contribution < -0.4 is 0 Å². The van der Waals surface area contributed by atoms with Gasteiger partial charge in [0.25, 0.3) is 10.0 Å². The Kier molecular flexibility index (Phi) is 6.56. The molecular formula is C19H26N4O5S. The van der Waals surface area contributed by atoms with Crippen molar-refractivity contribution in [3.8, 4) is 0 Å². The van der Waals surface area contributed by atoms with Crippen molar-refractivity contribution < 1.29 is 23.4 Å². The van der Waals surface area contributed by atoms with E-state index in [0.717, 1.165) is 5.56 Å². The van der Waals surface area contributed by atoms with Gasteiger partial charge < -0.3 is 19.7 Å². The van der Waals surface area contributed by atoms with E-state index in [9.17, 15) is 18.3 Å². The predicted molar refractivity (Wildman–Crippen MR) is 106 cm³/mol. The van der Waals surface area contributed by atoms with Gasteiger partial charge in [-0.3, -0.25) is 0 Å². The second-order valence-electron chi connectivity index (χ2n) is 7.19. The van der Waals surface area contributed by atoms with Crippen LogP contribution in [-0.2, 0) is 17.1 Å². The average Bonchev–Trinajstić information content (AvgIpc) is 3.33. The molecule has 10 heteroatoms. The van der Waals surface area contributed by atoms with Crippen molar-refractivity contribution in [2.75, 3.05) is 26.2 Å². The van der Waals surface area contributed by atoms with Crippen LogP contribution in [0.25, 0.3) is 0 Å². The standard InChI is InChI=1S/C19H26N4O5S/c1-21-13-18(20-14-21)29(27,28)22-11-16(15-7-3-2-4-8-15)17(12-22)23(19(25)26)9-5-6-10-24/h2-4,7-8,13-14,16-17,24H,5-6,9-12H2,1H3,(H,25,26)/t16-,17+/m1/s1. The maximum Gasteiger partial charge on any atom is 0.407 e. The van der Waals surface area contributed by atoms with E-state index in [2.05, 4.69) is 4.98 Å². The topological polar surface area (TPSA) is 116 Å². The summed E-state index contributed by atoms with van der Waals surface area (Å²) in [5.74, 6) is -0.292. The predicted octanol–water partition coefficient (Wildman–Crippen LogP) is 1.33. The monoisotopic (exact) mass is 422 g/mol. The van der Waals surface area contributed by atoms with Crippen LogP contribution in [0.2, 0.25) is 0 Å². The Morgan fingerprint density at radius 2 is 1.97 bits per heavy atom. The molecule has 1 fully saturated rings. The van der Waals surface area contributed by atoms with Crippen LogP contribution in [0.15, 0.2) is 47.9 Å². The van der Waals surface area contributed by atoms with E-state index in [4.69, 9.17) is 5.11 Å². The zero-order valence-electron chi connectivity index (χ0n) is 16.3. The summed E-state index contributed by atoms with van der Waals surface area (Å²) in [5, 5.41) is 18.8. The minimum Gasteiger partial charge on any atom is -0.465 e. The number of carbonyl (C=O) groups is 1. The first-order valence-electron chi connectivity index (χ1n) is 9.48. The van der Waals surface area contributed by atoms with E-state index in [1.165, 1.54) is 21.7 Å². The molecule has 2 N–H and O–H groups in total. The summed E-state index contributed by atoms with van der Waals surface area (Å²) in [6.45, 7) is 0.461. The summed E-state index contributed by atoms with van der Waals surface area (Å²) >= 11 is 0. The van der Waals surface area contributed by atoms with Crippen LogP contribution in [0.3, 0.4) is 0 Å². The summed E-state index contributed by atoms with van der Waals surface area (Å²) in [6.07, 6.45) is 2.77. The van der Waals surface area contributed by atoms with E-state index >= 15 is 0 Å². The van der Waals surface area contributed by atoms with Crippen LogP contribution >= 0.6 is 0 Å². The molecule has 1 aromatic carbocycles. The highest BCUT2D eigenvalue weighted by atomic mass is 32.2. The first kappa shape index (κ1) is 21.3. The highest BCUT2D eigenvalue weighted by Crippen LogP contribution is 2.34. The number of aromatic nitrogens is 2. The first-order valence-corrected chi connectivity index (χ1v) is 10.9. The molecule has 29 heavy (non-hydrogen) atoms. The molecule has 158 valence electrons. The summed E-state index contributed by atoms with van der Waals surface area (Å²) < 4.78 is 29.0. The molecule has 0 unspecified atom stereocenters. The Labute approximate surface area is 170 Å². The minimum absolute atomic E-state index is 0.0135. The first-order chi connectivity index (χ1) is 13.8. The number of aryl methyl sites for hydroxylation is 1. The largest absolute Gasteiger partial charge is 0.465 e. The normalized spacial score (nSPS) is 20.1. The van der Waals surface area contributed by atoms with Gasteiger partial charge in [0.15, 0.2) is 5.03 Å². The molecule has 0 spiro atoms. The summed E-state index contributed by atoms with van der Waals surface area (Å²) in [6, 6.07) is 8.85. The number of carboxylic acid groups (broad SMARTS) is 1. The Bertz CT molecular complexity index is 931. The fraction of sp³-hybridized carbons (Fsp3) is 0.474. The molecule has 2 atom stereocenters. The van der Waals surface area contributed by atoms with Crippen LogP contribution in [0.5, 0.6) is 0 Å². The van der Waals surface area contributed by atoms with Gasteiger partial charge in [-0.15, -0.1) is 0 Å². The zero-order chi connectivity index (χ0) is 21.0. The van der Waals surface area contributed by atoms with Crippen molar-refractivity contribution in [1.29, 1.82) is 0 Å². The molecule has 0 aliphatic carbocycles. The number of amides is 1. The maximum atomic E-state index is 13.1. The third-order valence-corrected chi connectivity index (χ3v) is 6.94. The van der Waals surface area contributed by atoms with Crippen molar-refractivity contribution in [2.45, 2.75) is 29.8 Å². The lowest BCUT2D eigenvalue weighted by Crippen LogP contribution is -2.44. The lowest BCUT2D eigenvalue weighted by Gasteiger charge is -2.30. The Morgan fingerprint density at radius 1 is 1.24 bits per heavy atom. The molecule has 9 nitrogen and oxygen atoms in total. The molecule has 1 aliphatic rings. The second kappa shape index (κ2) is 8.93. The third-order valence-electron chi connectivity index (χ3n) is 5.22. The lowest BCUT2D eigenvalue weighted by molar-refractivity contribution is 0.120. The highest BCUT2D eigenvalue weighted by molar-refractivity contribution is 7.89. The number of hydrogen-bond donors (Lipinski definition) is 2. The smallest absolute Gasteiger partial charge is 0.407 e. The van der Waals surface area contributed by atoms with Crippen LogP contribution in [0.4, 0.5) is 4.79 Å². The summed E-state index contributed by atoms with van der Waals surface area (Å²) in [4.78, 5) is 17.2. The zero-order valence-corrected chi connectivity index (χ0v) is 17.1. The van der Waals surface area contributed by atoms with Crippen molar-refractivity contribution in [1.82, 2.24) is 18.8 Å². The maximum absolute atomic E-state index is 13.1. The average molecular weight is 423 g/mol. The molecule has 0 saturated carbocycles. The number of aliphatic hydroxyl groups is 1. The van der Waals surface area contributed by atoms with Crippen molar-refractivity contribution in [3.05, 3.63) is 48.4 Å². The Morgan fingerprint density at radius 3 is 2.55 bits per heavy atom. The number of aliphatic hydroxyl groups excluding tert-OH is 1. The number of benzene rings is 1. The van der Waals surface area contributed by atoms with Gasteiger partial charge in [-0.25, -0.2) is 18.2 Å². The molecular weight excluding hydrogens is 396 g/mol. The third kappa shape index (κ3) is 4.60. The van der Waals surface area contributed by atoms with Gasteiger partial charge in [-0.05, 0) is 18.4 Å². The number of unbranched alkanes of at least 4 members (excludes halogenated alkanes) is 1. The van der Waals surface area contributed by atoms with Gasteiger partial charge in [0.2, 0.25) is 0 Å². The van der Waals surface area contributed by atoms with Crippen LogP contribution in [-0.4, -0.2) is 75.8 Å². The fourth-order valence-electron chi connectivity index (χ4n) is 3.74. The molecule has 1 amide bonds. The van der Waals surface area contributed by atoms with Gasteiger partial charge >= 0.3 is 6.09 Å². The SMILES string of the molecule is Cn1cnc(S(=O)(=O)N2C[C@H](c3ccccc3)[C@@H](N(CCCCO)C(=O)O)C2)c1. The molecule has 2 heterocycles. The van der Waals surface area contributed by atoms with E-state index in [0.29, 0.717) is 12.8 Å². The van der Waals surface area contributed by atoms with Crippen molar-refractivity contribution in [2.24, 2.45) is 7.05 Å². The van der Waals surface area contributed by atoms with Crippen molar-refractivity contribution >= 4 is 16.1 Å². The van der Waals surface area contributed by atoms with Gasteiger partial charge in [0.05, 0.1) is 12.4 Å². The number of sulfonamides is 1. The molecule has 1 aliphatic heterocycles. The highest BCUT2D eigenvalue weighted by Gasteiger charge is 2.44. The van der Waals surface area contributed by atoms with E-state index in [-0.39, 0.29) is 37.2 Å². The van der Waals surface area contributed by atoms with Gasteiger partial charge in [0.1, 0.15) is 0 Å². The lowest BCUT2D eigenvalue weighted by atomic mass is 9.93. The van der Waals surface area contributed by atoms with Gasteiger partial charge in [-0.2, -0.15) is 4.31 Å².